The first-order valence-corrected chi connectivity index (χ1v) is 4.36. The molecule has 1 atom stereocenters. The Morgan fingerprint density at radius 3 is 2.92 bits per heavy atom. The molecule has 0 spiro atoms. The fourth-order valence-corrected chi connectivity index (χ4v) is 1.42. The number of nitrogens with two attached hydrogens (primary N) is 1. The Kier molecular flexibility index (Phi) is 3.94. The van der Waals surface area contributed by atoms with E-state index < -0.39 is 0 Å². The summed E-state index contributed by atoms with van der Waals surface area (Å²) in [5.74, 6) is 0. The summed E-state index contributed by atoms with van der Waals surface area (Å²) in [5.41, 5.74) is 5.26. The van der Waals surface area contributed by atoms with Crippen LogP contribution in [0.1, 0.15) is 12.8 Å². The highest BCUT2D eigenvalue weighted by Crippen LogP contribution is 2.21. The molecule has 1 aliphatic heterocycles. The first kappa shape index (κ1) is 9.92. The third-order valence-electron chi connectivity index (χ3n) is 2.16. The smallest absolute Gasteiger partial charge is 0.104 e. The summed E-state index contributed by atoms with van der Waals surface area (Å²) < 4.78 is 10.8. The lowest BCUT2D eigenvalue weighted by molar-refractivity contribution is -0.128. The molecular weight excluding hydrogens is 158 g/mol. The summed E-state index contributed by atoms with van der Waals surface area (Å²) in [7, 11) is 0. The number of aliphatic hydroxyl groups excluding tert-OH is 1. The largest absolute Gasteiger partial charge is 0.394 e. The van der Waals surface area contributed by atoms with Crippen LogP contribution >= 0.6 is 0 Å². The zero-order chi connectivity index (χ0) is 8.86. The molecule has 0 aromatic heterocycles. The van der Waals surface area contributed by atoms with Crippen LogP contribution in [0.15, 0.2) is 0 Å². The van der Waals surface area contributed by atoms with Crippen LogP contribution < -0.4 is 5.73 Å². The van der Waals surface area contributed by atoms with Gasteiger partial charge in [-0.2, -0.15) is 0 Å². The van der Waals surface area contributed by atoms with Crippen molar-refractivity contribution in [2.45, 2.75) is 18.4 Å². The number of ether oxygens (including phenoxy) is 2. The molecule has 0 aromatic rings. The summed E-state index contributed by atoms with van der Waals surface area (Å²) in [6, 6.07) is 0. The lowest BCUT2D eigenvalue weighted by Gasteiger charge is -2.35. The molecule has 1 fully saturated rings. The molecule has 1 unspecified atom stereocenters. The molecule has 0 aromatic carbocycles. The highest BCUT2D eigenvalue weighted by Gasteiger charge is 2.32. The van der Waals surface area contributed by atoms with Crippen LogP contribution in [0.3, 0.4) is 0 Å². The van der Waals surface area contributed by atoms with Gasteiger partial charge in [0.05, 0.1) is 19.8 Å². The molecule has 0 saturated carbocycles. The van der Waals surface area contributed by atoms with E-state index in [9.17, 15) is 0 Å². The standard InChI is InChI=1S/C8H17NO3/c9-6-8(12-5-3-10)2-1-4-11-7-8/h10H,1-7,9H2. The number of rotatable bonds is 4. The fraction of sp³-hybridized carbons (Fsp3) is 1.00. The first-order valence-electron chi connectivity index (χ1n) is 4.36. The summed E-state index contributed by atoms with van der Waals surface area (Å²) in [5, 5.41) is 8.60. The van der Waals surface area contributed by atoms with E-state index in [-0.39, 0.29) is 12.2 Å². The molecule has 72 valence electrons. The van der Waals surface area contributed by atoms with Crippen LogP contribution in [0.25, 0.3) is 0 Å². The van der Waals surface area contributed by atoms with Crippen molar-refractivity contribution >= 4 is 0 Å². The molecule has 0 amide bonds. The molecule has 1 rings (SSSR count). The van der Waals surface area contributed by atoms with Gasteiger partial charge in [-0.25, -0.2) is 0 Å². The maximum Gasteiger partial charge on any atom is 0.104 e. The normalized spacial score (nSPS) is 30.5. The van der Waals surface area contributed by atoms with Crippen LogP contribution in [0.5, 0.6) is 0 Å². The van der Waals surface area contributed by atoms with Crippen molar-refractivity contribution in [2.24, 2.45) is 5.73 Å². The van der Waals surface area contributed by atoms with E-state index >= 15 is 0 Å². The molecule has 1 aliphatic rings. The van der Waals surface area contributed by atoms with Gasteiger partial charge in [-0.3, -0.25) is 0 Å². The Morgan fingerprint density at radius 1 is 1.58 bits per heavy atom. The summed E-state index contributed by atoms with van der Waals surface area (Å²) >= 11 is 0. The van der Waals surface area contributed by atoms with Gasteiger partial charge in [0.25, 0.3) is 0 Å². The Morgan fingerprint density at radius 2 is 2.42 bits per heavy atom. The second-order valence-corrected chi connectivity index (χ2v) is 3.12. The Hall–Kier alpha value is -0.160. The van der Waals surface area contributed by atoms with Crippen molar-refractivity contribution in [3.63, 3.8) is 0 Å². The van der Waals surface area contributed by atoms with Gasteiger partial charge in [0.1, 0.15) is 5.60 Å². The van der Waals surface area contributed by atoms with Gasteiger partial charge in [0.15, 0.2) is 0 Å². The number of hydrogen-bond acceptors (Lipinski definition) is 4. The van der Waals surface area contributed by atoms with Crippen molar-refractivity contribution in [2.75, 3.05) is 33.0 Å². The monoisotopic (exact) mass is 175 g/mol. The summed E-state index contributed by atoms with van der Waals surface area (Å²) in [4.78, 5) is 0. The van der Waals surface area contributed by atoms with Gasteiger partial charge in [0.2, 0.25) is 0 Å². The molecule has 4 heteroatoms. The van der Waals surface area contributed by atoms with Gasteiger partial charge in [-0.05, 0) is 12.8 Å². The Labute approximate surface area is 72.6 Å². The van der Waals surface area contributed by atoms with E-state index in [0.29, 0.717) is 19.8 Å². The summed E-state index contributed by atoms with van der Waals surface area (Å²) in [6.45, 7) is 2.21. The van der Waals surface area contributed by atoms with Crippen LogP contribution in [0.4, 0.5) is 0 Å². The van der Waals surface area contributed by atoms with E-state index in [4.69, 9.17) is 20.3 Å². The molecule has 0 aliphatic carbocycles. The summed E-state index contributed by atoms with van der Waals surface area (Å²) in [6.07, 6.45) is 1.92. The van der Waals surface area contributed by atoms with Gasteiger partial charge >= 0.3 is 0 Å². The van der Waals surface area contributed by atoms with Crippen molar-refractivity contribution < 1.29 is 14.6 Å². The SMILES string of the molecule is NCC1(OCCO)CCCOC1. The third-order valence-corrected chi connectivity index (χ3v) is 2.16. The molecule has 1 saturated heterocycles. The predicted molar refractivity (Wildman–Crippen MR) is 44.9 cm³/mol. The lowest BCUT2D eigenvalue weighted by atomic mass is 9.97. The zero-order valence-electron chi connectivity index (χ0n) is 7.29. The van der Waals surface area contributed by atoms with Crippen LogP contribution in [0.2, 0.25) is 0 Å². The van der Waals surface area contributed by atoms with E-state index in [1.54, 1.807) is 0 Å². The molecule has 0 bridgehead atoms. The highest BCUT2D eigenvalue weighted by atomic mass is 16.5. The van der Waals surface area contributed by atoms with Gasteiger partial charge in [-0.15, -0.1) is 0 Å². The van der Waals surface area contributed by atoms with Crippen LogP contribution in [-0.2, 0) is 9.47 Å². The Bertz CT molecular complexity index is 123. The van der Waals surface area contributed by atoms with Crippen molar-refractivity contribution in [3.8, 4) is 0 Å². The number of hydrogen-bond donors (Lipinski definition) is 2. The maximum atomic E-state index is 8.60. The second kappa shape index (κ2) is 4.77. The lowest BCUT2D eigenvalue weighted by Crippen LogP contribution is -2.48. The average Bonchev–Trinajstić information content (AvgIpc) is 2.16. The second-order valence-electron chi connectivity index (χ2n) is 3.12. The molecule has 4 nitrogen and oxygen atoms in total. The molecule has 3 N–H and O–H groups in total. The first-order chi connectivity index (χ1) is 5.83. The van der Waals surface area contributed by atoms with Gasteiger partial charge < -0.3 is 20.3 Å². The number of aliphatic hydroxyl groups is 1. The minimum Gasteiger partial charge on any atom is -0.394 e. The molecule has 0 radical (unpaired) electrons. The minimum atomic E-state index is -0.332. The van der Waals surface area contributed by atoms with E-state index in [2.05, 4.69) is 0 Å². The van der Waals surface area contributed by atoms with E-state index in [1.165, 1.54) is 0 Å². The quantitative estimate of drug-likeness (QED) is 0.604. The van der Waals surface area contributed by atoms with Crippen LogP contribution in [-0.4, -0.2) is 43.7 Å². The molecule has 1 heterocycles. The minimum absolute atomic E-state index is 0.0434. The molecular formula is C8H17NO3. The third kappa shape index (κ3) is 2.42. The highest BCUT2D eigenvalue weighted by molar-refractivity contribution is 4.84. The zero-order valence-corrected chi connectivity index (χ0v) is 7.29. The molecule has 12 heavy (non-hydrogen) atoms. The fourth-order valence-electron chi connectivity index (χ4n) is 1.42. The van der Waals surface area contributed by atoms with Crippen molar-refractivity contribution in [1.29, 1.82) is 0 Å². The van der Waals surface area contributed by atoms with Crippen molar-refractivity contribution in [1.82, 2.24) is 0 Å². The predicted octanol–water partition coefficient (Wildman–Crippen LogP) is -0.497. The average molecular weight is 175 g/mol. The van der Waals surface area contributed by atoms with Crippen molar-refractivity contribution in [3.05, 3.63) is 0 Å². The van der Waals surface area contributed by atoms with Gasteiger partial charge in [-0.1, -0.05) is 0 Å². The van der Waals surface area contributed by atoms with Crippen LogP contribution in [0, 0.1) is 0 Å². The van der Waals surface area contributed by atoms with Gasteiger partial charge in [0, 0.05) is 13.2 Å². The van der Waals surface area contributed by atoms with E-state index in [0.717, 1.165) is 19.4 Å². The van der Waals surface area contributed by atoms with E-state index in [1.807, 2.05) is 0 Å². The Balaban J connectivity index is 2.37. The maximum absolute atomic E-state index is 8.60. The topological polar surface area (TPSA) is 64.7 Å².